The lowest BCUT2D eigenvalue weighted by Crippen LogP contribution is -2.42. The Morgan fingerprint density at radius 3 is 2.26 bits per heavy atom. The number of nitro groups is 1. The standard InChI is InChI=1S/C16H17N7O11/c1-5(24)31-4-8-11(32-6(2)25)12(33-7(3)26)15(34-8)22-14(27)10-9(18-20-22)13(23(29)30)19-21(10)16(17)28/h8,11-12,15H,4H2,1-3H3,(H2,17,28). The third kappa shape index (κ3) is 4.51. The highest BCUT2D eigenvalue weighted by molar-refractivity contribution is 5.90. The number of nitrogens with zero attached hydrogens (tertiary/aromatic N) is 6. The van der Waals surface area contributed by atoms with Gasteiger partial charge in [0.25, 0.3) is 0 Å². The molecule has 34 heavy (non-hydrogen) atoms. The number of aromatic nitrogens is 5. The molecule has 2 aromatic heterocycles. The minimum absolute atomic E-state index is 0.261. The quantitative estimate of drug-likeness (QED) is 0.205. The van der Waals surface area contributed by atoms with Gasteiger partial charge in [0, 0.05) is 20.8 Å². The Kier molecular flexibility index (Phi) is 6.52. The van der Waals surface area contributed by atoms with Crippen molar-refractivity contribution in [1.82, 2.24) is 24.8 Å². The van der Waals surface area contributed by atoms with Crippen molar-refractivity contribution in [3.8, 4) is 0 Å². The molecule has 4 atom stereocenters. The highest BCUT2D eigenvalue weighted by Gasteiger charge is 2.52. The fourth-order valence-electron chi connectivity index (χ4n) is 3.26. The average molecular weight is 483 g/mol. The lowest BCUT2D eigenvalue weighted by molar-refractivity contribution is -0.388. The number of amides is 1. The molecule has 2 N–H and O–H groups in total. The SMILES string of the molecule is CC(=O)OCC1OC(n2nnc3c([N+](=O)[O-])nn(C(N)=O)c3c2=O)C(OC(C)=O)C1OC(C)=O. The number of carbonyl (C=O) groups is 4. The minimum atomic E-state index is -1.62. The van der Waals surface area contributed by atoms with Gasteiger partial charge in [-0.25, -0.2) is 4.79 Å². The Labute approximate surface area is 187 Å². The van der Waals surface area contributed by atoms with Crippen LogP contribution in [0.1, 0.15) is 27.0 Å². The number of hydrogen-bond acceptors (Lipinski definition) is 14. The zero-order valence-corrected chi connectivity index (χ0v) is 17.8. The van der Waals surface area contributed by atoms with E-state index in [0.29, 0.717) is 4.68 Å². The number of fused-ring (bicyclic) bond motifs is 1. The molecule has 1 fully saturated rings. The van der Waals surface area contributed by atoms with Gasteiger partial charge in [-0.15, -0.1) is 5.10 Å². The Morgan fingerprint density at radius 2 is 1.74 bits per heavy atom. The maximum Gasteiger partial charge on any atom is 0.419 e. The van der Waals surface area contributed by atoms with E-state index in [1.54, 1.807) is 0 Å². The first-order chi connectivity index (χ1) is 15.9. The maximum atomic E-state index is 13.2. The van der Waals surface area contributed by atoms with Gasteiger partial charge in [0.1, 0.15) is 12.7 Å². The lowest BCUT2D eigenvalue weighted by Gasteiger charge is -2.23. The van der Waals surface area contributed by atoms with Crippen LogP contribution in [0.2, 0.25) is 0 Å². The summed E-state index contributed by atoms with van der Waals surface area (Å²) < 4.78 is 21.7. The number of primary amides is 1. The molecular weight excluding hydrogens is 466 g/mol. The highest BCUT2D eigenvalue weighted by atomic mass is 16.7. The molecule has 18 heteroatoms. The Hall–Kier alpha value is -4.48. The van der Waals surface area contributed by atoms with Crippen LogP contribution in [0, 0.1) is 10.1 Å². The molecule has 18 nitrogen and oxygen atoms in total. The van der Waals surface area contributed by atoms with Crippen LogP contribution in [0.25, 0.3) is 11.0 Å². The Balaban J connectivity index is 2.17. The van der Waals surface area contributed by atoms with Gasteiger partial charge in [0.2, 0.25) is 5.52 Å². The predicted molar refractivity (Wildman–Crippen MR) is 103 cm³/mol. The molecule has 1 aliphatic rings. The van der Waals surface area contributed by atoms with E-state index in [-0.39, 0.29) is 4.68 Å². The summed E-state index contributed by atoms with van der Waals surface area (Å²) >= 11 is 0. The van der Waals surface area contributed by atoms with Gasteiger partial charge in [-0.1, -0.05) is 9.90 Å². The predicted octanol–water partition coefficient (Wildman–Crippen LogP) is -1.85. The van der Waals surface area contributed by atoms with E-state index in [1.165, 1.54) is 0 Å². The number of carbonyl (C=O) groups excluding carboxylic acids is 4. The van der Waals surface area contributed by atoms with E-state index in [2.05, 4.69) is 15.4 Å². The van der Waals surface area contributed by atoms with Crippen molar-refractivity contribution in [1.29, 1.82) is 0 Å². The van der Waals surface area contributed by atoms with Gasteiger partial charge in [-0.3, -0.25) is 19.2 Å². The Morgan fingerprint density at radius 1 is 1.12 bits per heavy atom. The van der Waals surface area contributed by atoms with E-state index in [9.17, 15) is 34.1 Å². The van der Waals surface area contributed by atoms with Gasteiger partial charge in [-0.2, -0.15) is 4.68 Å². The average Bonchev–Trinajstić information content (AvgIpc) is 3.26. The van der Waals surface area contributed by atoms with E-state index in [1.807, 2.05) is 0 Å². The molecule has 0 aliphatic carbocycles. The van der Waals surface area contributed by atoms with Crippen LogP contribution in [0.5, 0.6) is 0 Å². The van der Waals surface area contributed by atoms with Crippen LogP contribution in [-0.4, -0.2) is 78.6 Å². The maximum absolute atomic E-state index is 13.2. The number of hydrogen-bond donors (Lipinski definition) is 1. The fraction of sp³-hybridized carbons (Fsp3) is 0.500. The van der Waals surface area contributed by atoms with Gasteiger partial charge in [-0.05, 0) is 4.92 Å². The molecule has 1 saturated heterocycles. The van der Waals surface area contributed by atoms with Crippen molar-refractivity contribution in [3.05, 3.63) is 20.5 Å². The first-order valence-electron chi connectivity index (χ1n) is 9.38. The topological polar surface area (TPSA) is 240 Å². The summed E-state index contributed by atoms with van der Waals surface area (Å²) in [7, 11) is 0. The minimum Gasteiger partial charge on any atom is -0.463 e. The van der Waals surface area contributed by atoms with Crippen LogP contribution >= 0.6 is 0 Å². The normalized spacial score (nSPS) is 21.7. The summed E-state index contributed by atoms with van der Waals surface area (Å²) in [4.78, 5) is 69.7. The second-order valence-electron chi connectivity index (χ2n) is 6.88. The first-order valence-corrected chi connectivity index (χ1v) is 9.38. The Bertz CT molecular complexity index is 1250. The molecule has 3 rings (SSSR count). The third-order valence-electron chi connectivity index (χ3n) is 4.46. The first kappa shape index (κ1) is 24.2. The van der Waals surface area contributed by atoms with Crippen LogP contribution in [0.3, 0.4) is 0 Å². The highest BCUT2D eigenvalue weighted by Crippen LogP contribution is 2.33. The summed E-state index contributed by atoms with van der Waals surface area (Å²) in [5.74, 6) is -3.33. The zero-order chi connectivity index (χ0) is 25.3. The van der Waals surface area contributed by atoms with Gasteiger partial charge in [0.05, 0.1) is 5.10 Å². The summed E-state index contributed by atoms with van der Waals surface area (Å²) in [6.07, 6.45) is -5.69. The van der Waals surface area contributed by atoms with Crippen LogP contribution < -0.4 is 11.3 Å². The van der Waals surface area contributed by atoms with Crippen molar-refractivity contribution in [2.24, 2.45) is 5.73 Å². The molecule has 0 bridgehead atoms. The van der Waals surface area contributed by atoms with Crippen LogP contribution in [0.4, 0.5) is 10.6 Å². The second-order valence-corrected chi connectivity index (χ2v) is 6.88. The van der Waals surface area contributed by atoms with E-state index >= 15 is 0 Å². The molecule has 2 aromatic rings. The number of rotatable bonds is 6. The molecule has 0 aromatic carbocycles. The molecule has 0 spiro atoms. The van der Waals surface area contributed by atoms with E-state index in [0.717, 1.165) is 20.8 Å². The smallest absolute Gasteiger partial charge is 0.419 e. The molecule has 182 valence electrons. The zero-order valence-electron chi connectivity index (χ0n) is 17.8. The van der Waals surface area contributed by atoms with E-state index in [4.69, 9.17) is 24.7 Å². The molecule has 0 radical (unpaired) electrons. The van der Waals surface area contributed by atoms with Crippen molar-refractivity contribution in [2.45, 2.75) is 45.3 Å². The lowest BCUT2D eigenvalue weighted by atomic mass is 10.1. The molecule has 1 aliphatic heterocycles. The largest absolute Gasteiger partial charge is 0.463 e. The number of esters is 3. The number of nitrogens with two attached hydrogens (primary N) is 1. The third-order valence-corrected chi connectivity index (χ3v) is 4.46. The molecule has 4 unspecified atom stereocenters. The van der Waals surface area contributed by atoms with Gasteiger partial charge < -0.3 is 34.8 Å². The van der Waals surface area contributed by atoms with Crippen LogP contribution in [0.15, 0.2) is 4.79 Å². The second kappa shape index (κ2) is 9.17. The van der Waals surface area contributed by atoms with Gasteiger partial charge >= 0.3 is 35.3 Å². The van der Waals surface area contributed by atoms with E-state index < -0.39 is 82.4 Å². The summed E-state index contributed by atoms with van der Waals surface area (Å²) in [6.45, 7) is 2.74. The fourth-order valence-corrected chi connectivity index (χ4v) is 3.26. The summed E-state index contributed by atoms with van der Waals surface area (Å²) in [5, 5.41) is 21.8. The molecular formula is C16H17N7O11. The monoisotopic (exact) mass is 483 g/mol. The molecule has 3 heterocycles. The van der Waals surface area contributed by atoms with Crippen LogP contribution in [-0.2, 0) is 33.3 Å². The van der Waals surface area contributed by atoms with Gasteiger partial charge in [0.15, 0.2) is 24.0 Å². The summed E-state index contributed by atoms with van der Waals surface area (Å²) in [6, 6.07) is -1.33. The molecule has 1 amide bonds. The molecule has 0 saturated carbocycles. The van der Waals surface area contributed by atoms with Crippen molar-refractivity contribution >= 4 is 40.8 Å². The van der Waals surface area contributed by atoms with Crippen molar-refractivity contribution in [3.63, 3.8) is 0 Å². The number of ether oxygens (including phenoxy) is 4. The van der Waals surface area contributed by atoms with Crippen molar-refractivity contribution in [2.75, 3.05) is 6.61 Å². The summed E-state index contributed by atoms with van der Waals surface area (Å²) in [5.41, 5.74) is 2.64. The van der Waals surface area contributed by atoms with Crippen molar-refractivity contribution < 1.29 is 43.0 Å².